The van der Waals surface area contributed by atoms with Crippen LogP contribution in [-0.2, 0) is 6.42 Å². The van der Waals surface area contributed by atoms with Gasteiger partial charge in [0.2, 0.25) is 11.8 Å². The smallest absolute Gasteiger partial charge is 0.237 e. The van der Waals surface area contributed by atoms with Crippen molar-refractivity contribution in [2.24, 2.45) is 0 Å². The van der Waals surface area contributed by atoms with Crippen LogP contribution in [0.1, 0.15) is 16.8 Å². The predicted octanol–water partition coefficient (Wildman–Crippen LogP) is 4.00. The maximum atomic E-state index is 13.4. The molecule has 168 valence electrons. The van der Waals surface area contributed by atoms with Crippen molar-refractivity contribution in [1.82, 2.24) is 24.5 Å². The van der Waals surface area contributed by atoms with E-state index in [4.69, 9.17) is 4.98 Å². The van der Waals surface area contributed by atoms with E-state index in [9.17, 15) is 9.50 Å². The summed E-state index contributed by atoms with van der Waals surface area (Å²) in [6, 6.07) is 8.12. The van der Waals surface area contributed by atoms with E-state index in [-0.39, 0.29) is 11.7 Å². The molecule has 0 radical (unpaired) electrons. The summed E-state index contributed by atoms with van der Waals surface area (Å²) in [4.78, 5) is 19.9. The first kappa shape index (κ1) is 20.7. The number of nitrogens with one attached hydrogen (secondary N) is 2. The molecule has 4 heterocycles. The topological polar surface area (TPSA) is 104 Å². The molecule has 1 aromatic carbocycles. The van der Waals surface area contributed by atoms with Crippen LogP contribution in [0.3, 0.4) is 0 Å². The molecule has 3 aromatic heterocycles. The molecule has 0 amide bonds. The van der Waals surface area contributed by atoms with Gasteiger partial charge < -0.3 is 20.6 Å². The highest BCUT2D eigenvalue weighted by atomic mass is 19.1. The Morgan fingerprint density at radius 2 is 1.85 bits per heavy atom. The number of hydrogen-bond donors (Lipinski definition) is 3. The van der Waals surface area contributed by atoms with Gasteiger partial charge in [-0.3, -0.25) is 4.57 Å². The van der Waals surface area contributed by atoms with Crippen molar-refractivity contribution in [3.8, 4) is 11.7 Å². The summed E-state index contributed by atoms with van der Waals surface area (Å²) in [6.45, 7) is 4.50. The van der Waals surface area contributed by atoms with Crippen molar-refractivity contribution in [1.29, 1.82) is 0 Å². The first-order valence-corrected chi connectivity index (χ1v) is 10.5. The Labute approximate surface area is 190 Å². The zero-order chi connectivity index (χ0) is 23.1. The molecule has 1 aliphatic rings. The lowest BCUT2D eigenvalue weighted by Crippen LogP contribution is -2.15. The minimum Gasteiger partial charge on any atom is -0.492 e. The van der Waals surface area contributed by atoms with E-state index >= 15 is 0 Å². The van der Waals surface area contributed by atoms with Crippen LogP contribution in [0.5, 0.6) is 5.88 Å². The lowest BCUT2D eigenvalue weighted by atomic mass is 10.2. The van der Waals surface area contributed by atoms with Crippen LogP contribution >= 0.6 is 0 Å². The predicted molar refractivity (Wildman–Crippen MR) is 124 cm³/mol. The Morgan fingerprint density at radius 3 is 2.55 bits per heavy atom. The number of hydrogen-bond acceptors (Lipinski definition) is 8. The quantitative estimate of drug-likeness (QED) is 0.423. The first-order chi connectivity index (χ1) is 15.9. The van der Waals surface area contributed by atoms with E-state index in [1.807, 2.05) is 24.9 Å². The average molecular weight is 446 g/mol. The van der Waals surface area contributed by atoms with E-state index in [0.29, 0.717) is 29.8 Å². The Kier molecular flexibility index (Phi) is 5.04. The number of imidazole rings is 1. The molecule has 0 saturated carbocycles. The number of fused-ring (bicyclic) bond motifs is 1. The van der Waals surface area contributed by atoms with Crippen molar-refractivity contribution < 1.29 is 9.50 Å². The summed E-state index contributed by atoms with van der Waals surface area (Å²) in [5.74, 6) is 1.88. The number of rotatable bonds is 5. The molecule has 33 heavy (non-hydrogen) atoms. The SMILES string of the molecule is CNc1nc(Nc2cc(C)c(-n3cnc(C)c3)nc2O)nc2c1CCN2c1ccc(F)cc1. The van der Waals surface area contributed by atoms with E-state index in [1.54, 1.807) is 36.1 Å². The van der Waals surface area contributed by atoms with Crippen LogP contribution in [0.2, 0.25) is 0 Å². The third kappa shape index (κ3) is 3.79. The fourth-order valence-electron chi connectivity index (χ4n) is 4.00. The zero-order valence-corrected chi connectivity index (χ0v) is 18.5. The molecule has 0 bridgehead atoms. The summed E-state index contributed by atoms with van der Waals surface area (Å²) >= 11 is 0. The van der Waals surface area contributed by atoms with Gasteiger partial charge in [0.25, 0.3) is 0 Å². The number of halogens is 1. The summed E-state index contributed by atoms with van der Waals surface area (Å²) in [5.41, 5.74) is 3.92. The second-order valence-electron chi connectivity index (χ2n) is 7.87. The Balaban J connectivity index is 1.50. The zero-order valence-electron chi connectivity index (χ0n) is 18.5. The third-order valence-corrected chi connectivity index (χ3v) is 5.57. The largest absolute Gasteiger partial charge is 0.492 e. The normalized spacial score (nSPS) is 12.7. The molecule has 9 nitrogen and oxygen atoms in total. The molecule has 0 unspecified atom stereocenters. The van der Waals surface area contributed by atoms with Gasteiger partial charge in [-0.25, -0.2) is 9.37 Å². The minimum absolute atomic E-state index is 0.174. The number of anilines is 5. The number of pyridine rings is 1. The fourth-order valence-corrected chi connectivity index (χ4v) is 4.00. The van der Waals surface area contributed by atoms with Crippen LogP contribution in [0.15, 0.2) is 42.9 Å². The second kappa shape index (κ2) is 8.05. The maximum Gasteiger partial charge on any atom is 0.237 e. The Bertz CT molecular complexity index is 1340. The van der Waals surface area contributed by atoms with E-state index in [0.717, 1.165) is 34.7 Å². The highest BCUT2D eigenvalue weighted by Gasteiger charge is 2.27. The van der Waals surface area contributed by atoms with Crippen LogP contribution < -0.4 is 15.5 Å². The molecule has 0 fully saturated rings. The van der Waals surface area contributed by atoms with Crippen molar-refractivity contribution >= 4 is 29.0 Å². The van der Waals surface area contributed by atoms with Crippen LogP contribution in [0.25, 0.3) is 5.82 Å². The van der Waals surface area contributed by atoms with Gasteiger partial charge in [0.15, 0.2) is 0 Å². The molecule has 10 heteroatoms. The molecular weight excluding hydrogens is 423 g/mol. The standard InChI is InChI=1S/C23H23FN8O/c1-13-10-18(22(33)29-20(13)31-11-14(2)26-12-31)27-23-28-19(25-3)17-8-9-32(21(17)30-23)16-6-4-15(24)5-7-16/h4-7,10-12H,8-9H2,1-3H3,(H,29,33)(H2,25,27,28,30). The average Bonchev–Trinajstić information content (AvgIpc) is 3.42. The number of aryl methyl sites for hydroxylation is 2. The van der Waals surface area contributed by atoms with Crippen molar-refractivity contribution in [2.75, 3.05) is 29.1 Å². The molecular formula is C23H23FN8O. The molecule has 5 rings (SSSR count). The van der Waals surface area contributed by atoms with Gasteiger partial charge in [0, 0.05) is 31.0 Å². The molecule has 4 aromatic rings. The van der Waals surface area contributed by atoms with Gasteiger partial charge in [0.1, 0.15) is 35.3 Å². The van der Waals surface area contributed by atoms with E-state index < -0.39 is 0 Å². The summed E-state index contributed by atoms with van der Waals surface area (Å²) in [5, 5.41) is 16.8. The van der Waals surface area contributed by atoms with Crippen molar-refractivity contribution in [3.63, 3.8) is 0 Å². The van der Waals surface area contributed by atoms with Gasteiger partial charge in [-0.2, -0.15) is 15.0 Å². The maximum absolute atomic E-state index is 13.4. The number of aromatic hydroxyl groups is 1. The molecule has 0 aliphatic carbocycles. The highest BCUT2D eigenvalue weighted by molar-refractivity contribution is 5.74. The molecule has 3 N–H and O–H groups in total. The molecule has 1 aliphatic heterocycles. The molecule has 0 atom stereocenters. The number of benzene rings is 1. The number of aromatic nitrogens is 5. The number of nitrogens with zero attached hydrogens (tertiary/aromatic N) is 6. The Hall–Kier alpha value is -4.21. The third-order valence-electron chi connectivity index (χ3n) is 5.57. The van der Waals surface area contributed by atoms with Gasteiger partial charge in [0.05, 0.1) is 5.69 Å². The van der Waals surface area contributed by atoms with Crippen molar-refractivity contribution in [3.05, 3.63) is 65.5 Å². The van der Waals surface area contributed by atoms with Crippen molar-refractivity contribution in [2.45, 2.75) is 20.3 Å². The summed E-state index contributed by atoms with van der Waals surface area (Å²) in [7, 11) is 1.80. The lowest BCUT2D eigenvalue weighted by Gasteiger charge is -2.20. The van der Waals surface area contributed by atoms with Crippen LogP contribution in [0.4, 0.5) is 33.3 Å². The van der Waals surface area contributed by atoms with Crippen LogP contribution in [-0.4, -0.2) is 43.2 Å². The van der Waals surface area contributed by atoms with Gasteiger partial charge in [-0.1, -0.05) is 0 Å². The van der Waals surface area contributed by atoms with Gasteiger partial charge in [-0.15, -0.1) is 0 Å². The van der Waals surface area contributed by atoms with Gasteiger partial charge in [-0.05, 0) is 56.2 Å². The van der Waals surface area contributed by atoms with Gasteiger partial charge >= 0.3 is 0 Å². The highest BCUT2D eigenvalue weighted by Crippen LogP contribution is 2.38. The molecule has 0 spiro atoms. The first-order valence-electron chi connectivity index (χ1n) is 10.5. The van der Waals surface area contributed by atoms with Crippen LogP contribution in [0, 0.1) is 19.7 Å². The Morgan fingerprint density at radius 1 is 1.06 bits per heavy atom. The minimum atomic E-state index is -0.285. The molecule has 0 saturated heterocycles. The summed E-state index contributed by atoms with van der Waals surface area (Å²) < 4.78 is 15.2. The second-order valence-corrected chi connectivity index (χ2v) is 7.87. The monoisotopic (exact) mass is 446 g/mol. The van der Waals surface area contributed by atoms with E-state index in [1.165, 1.54) is 12.1 Å². The summed E-state index contributed by atoms with van der Waals surface area (Å²) in [6.07, 6.45) is 4.26. The fraction of sp³-hybridized carbons (Fsp3) is 0.217. The lowest BCUT2D eigenvalue weighted by molar-refractivity contribution is 0.455. The van der Waals surface area contributed by atoms with E-state index in [2.05, 4.69) is 25.6 Å².